The SMILES string of the molecule is Cc1ccc(C(C)(O)C2CCCCC2)c(F)c1F. The molecule has 1 N–H and O–H groups in total. The van der Waals surface area contributed by atoms with Gasteiger partial charge in [-0.25, -0.2) is 8.78 Å². The van der Waals surface area contributed by atoms with Crippen molar-refractivity contribution in [3.63, 3.8) is 0 Å². The van der Waals surface area contributed by atoms with Crippen LogP contribution in [0.3, 0.4) is 0 Å². The van der Waals surface area contributed by atoms with E-state index in [1.54, 1.807) is 6.92 Å². The van der Waals surface area contributed by atoms with Gasteiger partial charge in [0.05, 0.1) is 5.60 Å². The minimum absolute atomic E-state index is 0.0165. The van der Waals surface area contributed by atoms with Crippen molar-refractivity contribution in [2.75, 3.05) is 0 Å². The number of hydrogen-bond acceptors (Lipinski definition) is 1. The molecule has 2 rings (SSSR count). The minimum Gasteiger partial charge on any atom is -0.385 e. The molecule has 1 saturated carbocycles. The van der Waals surface area contributed by atoms with Crippen LogP contribution in [0.5, 0.6) is 0 Å². The summed E-state index contributed by atoms with van der Waals surface area (Å²) in [5.41, 5.74) is -0.910. The fourth-order valence-corrected chi connectivity index (χ4v) is 2.92. The van der Waals surface area contributed by atoms with Gasteiger partial charge in [-0.15, -0.1) is 0 Å². The summed E-state index contributed by atoms with van der Waals surface area (Å²) < 4.78 is 27.6. The standard InChI is InChI=1S/C15H20F2O/c1-10-8-9-12(14(17)13(10)16)15(2,18)11-6-4-3-5-7-11/h8-9,11,18H,3-7H2,1-2H3. The molecule has 0 bridgehead atoms. The first-order valence-corrected chi connectivity index (χ1v) is 6.62. The van der Waals surface area contributed by atoms with Crippen LogP contribution in [-0.4, -0.2) is 5.11 Å². The zero-order valence-corrected chi connectivity index (χ0v) is 11.0. The molecular weight excluding hydrogens is 234 g/mol. The summed E-state index contributed by atoms with van der Waals surface area (Å²) in [6.07, 6.45) is 5.02. The van der Waals surface area contributed by atoms with Crippen molar-refractivity contribution in [2.24, 2.45) is 5.92 Å². The van der Waals surface area contributed by atoms with Gasteiger partial charge in [-0.1, -0.05) is 31.4 Å². The first-order valence-electron chi connectivity index (χ1n) is 6.62. The molecule has 0 spiro atoms. The van der Waals surface area contributed by atoms with Crippen LogP contribution in [-0.2, 0) is 5.60 Å². The fourth-order valence-electron chi connectivity index (χ4n) is 2.92. The first-order chi connectivity index (χ1) is 8.44. The molecule has 0 radical (unpaired) electrons. The third-order valence-corrected chi connectivity index (χ3v) is 4.22. The maximum atomic E-state index is 14.0. The molecule has 0 aliphatic heterocycles. The molecular formula is C15H20F2O. The molecule has 1 fully saturated rings. The van der Waals surface area contributed by atoms with Crippen LogP contribution in [0.15, 0.2) is 12.1 Å². The Bertz CT molecular complexity index is 434. The van der Waals surface area contributed by atoms with Gasteiger partial charge in [-0.3, -0.25) is 0 Å². The van der Waals surface area contributed by atoms with Gasteiger partial charge in [0.2, 0.25) is 0 Å². The van der Waals surface area contributed by atoms with E-state index in [1.807, 2.05) is 0 Å². The van der Waals surface area contributed by atoms with Crippen molar-refractivity contribution in [1.82, 2.24) is 0 Å². The molecule has 3 heteroatoms. The molecule has 1 aliphatic carbocycles. The van der Waals surface area contributed by atoms with Gasteiger partial charge < -0.3 is 5.11 Å². The summed E-state index contributed by atoms with van der Waals surface area (Å²) in [5, 5.41) is 10.6. The van der Waals surface area contributed by atoms with Crippen LogP contribution >= 0.6 is 0 Å². The number of hydrogen-bond donors (Lipinski definition) is 1. The second kappa shape index (κ2) is 4.96. The zero-order valence-electron chi connectivity index (χ0n) is 11.0. The van der Waals surface area contributed by atoms with Crippen LogP contribution in [0.2, 0.25) is 0 Å². The Hall–Kier alpha value is -0.960. The van der Waals surface area contributed by atoms with Gasteiger partial charge in [0.1, 0.15) is 0 Å². The number of benzene rings is 1. The highest BCUT2D eigenvalue weighted by molar-refractivity contribution is 5.30. The lowest BCUT2D eigenvalue weighted by Gasteiger charge is -2.36. The van der Waals surface area contributed by atoms with Crippen molar-refractivity contribution in [2.45, 2.75) is 51.6 Å². The molecule has 18 heavy (non-hydrogen) atoms. The summed E-state index contributed by atoms with van der Waals surface area (Å²) in [6, 6.07) is 3.05. The lowest BCUT2D eigenvalue weighted by molar-refractivity contribution is -0.0248. The van der Waals surface area contributed by atoms with E-state index in [0.29, 0.717) is 0 Å². The predicted molar refractivity (Wildman–Crippen MR) is 67.2 cm³/mol. The third-order valence-electron chi connectivity index (χ3n) is 4.22. The van der Waals surface area contributed by atoms with E-state index in [2.05, 4.69) is 0 Å². The first kappa shape index (κ1) is 13.5. The van der Waals surface area contributed by atoms with Crippen LogP contribution in [0.1, 0.15) is 50.2 Å². The highest BCUT2D eigenvalue weighted by atomic mass is 19.2. The second-order valence-electron chi connectivity index (χ2n) is 5.54. The molecule has 0 aromatic heterocycles. The van der Waals surface area contributed by atoms with Crippen molar-refractivity contribution in [3.8, 4) is 0 Å². The summed E-state index contributed by atoms with van der Waals surface area (Å²) in [7, 11) is 0. The monoisotopic (exact) mass is 254 g/mol. The molecule has 1 nitrogen and oxygen atoms in total. The molecule has 1 aromatic rings. The minimum atomic E-state index is -1.28. The Kier molecular flexibility index (Phi) is 3.71. The summed E-state index contributed by atoms with van der Waals surface area (Å²) >= 11 is 0. The van der Waals surface area contributed by atoms with E-state index in [1.165, 1.54) is 19.1 Å². The van der Waals surface area contributed by atoms with Crippen molar-refractivity contribution >= 4 is 0 Å². The second-order valence-corrected chi connectivity index (χ2v) is 5.54. The Labute approximate surface area is 107 Å². The normalized spacial score (nSPS) is 20.7. The third kappa shape index (κ3) is 2.28. The molecule has 0 saturated heterocycles. The zero-order chi connectivity index (χ0) is 13.3. The Morgan fingerprint density at radius 1 is 1.11 bits per heavy atom. The number of aryl methyl sites for hydroxylation is 1. The van der Waals surface area contributed by atoms with Crippen molar-refractivity contribution < 1.29 is 13.9 Å². The average Bonchev–Trinajstić information content (AvgIpc) is 2.37. The number of halogens is 2. The van der Waals surface area contributed by atoms with Crippen molar-refractivity contribution in [3.05, 3.63) is 34.9 Å². The Morgan fingerprint density at radius 2 is 1.72 bits per heavy atom. The molecule has 1 aromatic carbocycles. The predicted octanol–water partition coefficient (Wildman–Crippen LogP) is 4.06. The fraction of sp³-hybridized carbons (Fsp3) is 0.600. The maximum Gasteiger partial charge on any atom is 0.165 e. The van der Waals surface area contributed by atoms with Gasteiger partial charge in [-0.2, -0.15) is 0 Å². The molecule has 1 aliphatic rings. The lowest BCUT2D eigenvalue weighted by Crippen LogP contribution is -2.34. The molecule has 0 amide bonds. The topological polar surface area (TPSA) is 20.2 Å². The summed E-state index contributed by atoms with van der Waals surface area (Å²) in [6.45, 7) is 3.13. The Morgan fingerprint density at radius 3 is 2.33 bits per heavy atom. The van der Waals surface area contributed by atoms with Gasteiger partial charge in [-0.05, 0) is 38.2 Å². The number of aliphatic hydroxyl groups is 1. The van der Waals surface area contributed by atoms with Gasteiger partial charge in [0.15, 0.2) is 11.6 Å². The van der Waals surface area contributed by atoms with Crippen LogP contribution in [0.4, 0.5) is 8.78 Å². The molecule has 0 heterocycles. The maximum absolute atomic E-state index is 14.0. The van der Waals surface area contributed by atoms with E-state index in [4.69, 9.17) is 0 Å². The highest BCUT2D eigenvalue weighted by Crippen LogP contribution is 2.40. The summed E-state index contributed by atoms with van der Waals surface area (Å²) in [5.74, 6) is -1.72. The lowest BCUT2D eigenvalue weighted by atomic mass is 9.74. The van der Waals surface area contributed by atoms with Crippen LogP contribution < -0.4 is 0 Å². The molecule has 1 unspecified atom stereocenters. The van der Waals surface area contributed by atoms with Gasteiger partial charge in [0, 0.05) is 5.56 Å². The quantitative estimate of drug-likeness (QED) is 0.843. The summed E-state index contributed by atoms with van der Waals surface area (Å²) in [4.78, 5) is 0. The van der Waals surface area contributed by atoms with Crippen LogP contribution in [0, 0.1) is 24.5 Å². The molecule has 1 atom stereocenters. The number of rotatable bonds is 2. The smallest absolute Gasteiger partial charge is 0.165 e. The van der Waals surface area contributed by atoms with E-state index < -0.39 is 17.2 Å². The highest BCUT2D eigenvalue weighted by Gasteiger charge is 2.37. The van der Waals surface area contributed by atoms with E-state index in [9.17, 15) is 13.9 Å². The van der Waals surface area contributed by atoms with E-state index in [-0.39, 0.29) is 17.0 Å². The van der Waals surface area contributed by atoms with Crippen molar-refractivity contribution in [1.29, 1.82) is 0 Å². The Balaban J connectivity index is 2.37. The van der Waals surface area contributed by atoms with Gasteiger partial charge in [0.25, 0.3) is 0 Å². The van der Waals surface area contributed by atoms with E-state index >= 15 is 0 Å². The van der Waals surface area contributed by atoms with Gasteiger partial charge >= 0.3 is 0 Å². The average molecular weight is 254 g/mol. The van der Waals surface area contributed by atoms with Crippen LogP contribution in [0.25, 0.3) is 0 Å². The largest absolute Gasteiger partial charge is 0.385 e. The molecule has 100 valence electrons. The van der Waals surface area contributed by atoms with E-state index in [0.717, 1.165) is 32.1 Å².